The maximum absolute atomic E-state index is 2.28. The number of hydrogen-bond donors (Lipinski definition) is 0. The Kier molecular flexibility index (Phi) is 3.42. The van der Waals surface area contributed by atoms with Crippen molar-refractivity contribution in [2.75, 3.05) is 0 Å². The van der Waals surface area contributed by atoms with Crippen molar-refractivity contribution in [3.8, 4) is 0 Å². The van der Waals surface area contributed by atoms with Crippen LogP contribution in [-0.2, 0) is 0 Å². The predicted octanol–water partition coefficient (Wildman–Crippen LogP) is -0.618. The Balaban J connectivity index is 0.000000720. The van der Waals surface area contributed by atoms with Crippen molar-refractivity contribution in [2.45, 2.75) is 12.8 Å². The molecule has 0 fully saturated rings. The van der Waals surface area contributed by atoms with Crippen molar-refractivity contribution in [2.24, 2.45) is 0 Å². The summed E-state index contributed by atoms with van der Waals surface area (Å²) in [5.74, 6) is 0. The Labute approximate surface area is 80.4 Å². The van der Waals surface area contributed by atoms with Gasteiger partial charge < -0.3 is 12.4 Å². The summed E-state index contributed by atoms with van der Waals surface area (Å²) in [7, 11) is 2.28. The second-order valence-electron chi connectivity index (χ2n) is 2.89. The first-order valence-electron chi connectivity index (χ1n) is 4.01. The molecule has 60 valence electrons. The summed E-state index contributed by atoms with van der Waals surface area (Å²) in [4.78, 5) is 0. The van der Waals surface area contributed by atoms with Crippen LogP contribution in [0.4, 0.5) is 0 Å². The van der Waals surface area contributed by atoms with Gasteiger partial charge in [-0.25, -0.2) is 0 Å². The first-order chi connectivity index (χ1) is 5.45. The van der Waals surface area contributed by atoms with Gasteiger partial charge in [0.15, 0.2) is 0 Å². The Morgan fingerprint density at radius 1 is 0.917 bits per heavy atom. The molecule has 0 nitrogen and oxygen atoms in total. The fourth-order valence-electron chi connectivity index (χ4n) is 1.38. The summed E-state index contributed by atoms with van der Waals surface area (Å²) in [6.07, 6.45) is 15.2. The molecule has 0 aromatic carbocycles. The van der Waals surface area contributed by atoms with Gasteiger partial charge in [-0.2, -0.15) is 0 Å². The van der Waals surface area contributed by atoms with Crippen molar-refractivity contribution in [1.82, 2.24) is 0 Å². The smallest absolute Gasteiger partial charge is 1.00 e. The van der Waals surface area contributed by atoms with Crippen molar-refractivity contribution < 1.29 is 12.4 Å². The van der Waals surface area contributed by atoms with E-state index in [0.29, 0.717) is 0 Å². The van der Waals surface area contributed by atoms with E-state index in [4.69, 9.17) is 0 Å². The number of hydrogen-bond acceptors (Lipinski definition) is 0. The van der Waals surface area contributed by atoms with E-state index >= 15 is 0 Å². The summed E-state index contributed by atoms with van der Waals surface area (Å²) in [6.45, 7) is 0. The monoisotopic (exact) mass is 176 g/mol. The Bertz CT molecular complexity index is 244. The zero-order valence-corrected chi connectivity index (χ0v) is 7.59. The van der Waals surface area contributed by atoms with E-state index in [2.05, 4.69) is 43.7 Å². The first-order valence-corrected chi connectivity index (χ1v) is 4.01. The quantitative estimate of drug-likeness (QED) is 0.492. The fourth-order valence-corrected chi connectivity index (χ4v) is 1.38. The Morgan fingerprint density at radius 2 is 1.42 bits per heavy atom. The minimum Gasteiger partial charge on any atom is -1.00 e. The fraction of sp³-hybridized carbons (Fsp3) is 0.200. The van der Waals surface area contributed by atoms with Gasteiger partial charge in [-0.1, -0.05) is 0 Å². The number of rotatable bonds is 2. The molecule has 0 aromatic rings. The van der Waals surface area contributed by atoms with Crippen LogP contribution in [0.2, 0.25) is 0 Å². The average Bonchev–Trinajstić information content (AvgIpc) is 2.60. The summed E-state index contributed by atoms with van der Waals surface area (Å²) >= 11 is 0. The van der Waals surface area contributed by atoms with Crippen LogP contribution >= 0.6 is 0 Å². The molecule has 2 rings (SSSR count). The van der Waals surface area contributed by atoms with Gasteiger partial charge >= 0.3 is 67.5 Å². The number of halogens is 1. The zero-order valence-electron chi connectivity index (χ0n) is 6.83. The summed E-state index contributed by atoms with van der Waals surface area (Å²) in [5.41, 5.74) is 2.86. The third-order valence-electron chi connectivity index (χ3n) is 1.97. The van der Waals surface area contributed by atoms with Gasteiger partial charge in [0.05, 0.1) is 0 Å². The van der Waals surface area contributed by atoms with Crippen LogP contribution in [0.15, 0.2) is 47.4 Å². The topological polar surface area (TPSA) is 0 Å². The molecule has 0 radical (unpaired) electrons. The van der Waals surface area contributed by atoms with Crippen LogP contribution in [0.1, 0.15) is 12.8 Å². The van der Waals surface area contributed by atoms with E-state index < -0.39 is 0 Å². The Hall–Kier alpha value is -0.685. The SMILES string of the molecule is [B+](C1=CC=CC1)C1=CC=CC1.[Cl-]. The van der Waals surface area contributed by atoms with Crippen LogP contribution in [0.25, 0.3) is 0 Å². The van der Waals surface area contributed by atoms with Crippen LogP contribution < -0.4 is 12.4 Å². The second kappa shape index (κ2) is 4.37. The molecule has 2 heteroatoms. The summed E-state index contributed by atoms with van der Waals surface area (Å²) < 4.78 is 0. The van der Waals surface area contributed by atoms with Gasteiger partial charge in [0.2, 0.25) is 0 Å². The molecular formula is C10H10BCl. The third kappa shape index (κ3) is 2.15. The standard InChI is InChI=1S/C10H10B.ClH/c1-2-6-9(5-1)11-10-7-3-4-8-10;/h1-5,7H,6,8H2;1H/q+1;/p-1. The molecule has 0 atom stereocenters. The Morgan fingerprint density at radius 3 is 1.75 bits per heavy atom. The van der Waals surface area contributed by atoms with Gasteiger partial charge in [0.25, 0.3) is 0 Å². The summed E-state index contributed by atoms with van der Waals surface area (Å²) in [6, 6.07) is 0. The van der Waals surface area contributed by atoms with Crippen LogP contribution in [-0.4, -0.2) is 7.28 Å². The zero-order chi connectivity index (χ0) is 7.52. The first kappa shape index (κ1) is 9.40. The molecule has 0 aliphatic heterocycles. The van der Waals surface area contributed by atoms with Crippen LogP contribution in [0.3, 0.4) is 0 Å². The molecule has 0 aromatic heterocycles. The van der Waals surface area contributed by atoms with E-state index in [-0.39, 0.29) is 12.4 Å². The molecule has 0 bridgehead atoms. The molecule has 0 heterocycles. The van der Waals surface area contributed by atoms with Crippen molar-refractivity contribution in [3.63, 3.8) is 0 Å². The average molecular weight is 176 g/mol. The van der Waals surface area contributed by atoms with Gasteiger partial charge in [-0.15, -0.1) is 0 Å². The van der Waals surface area contributed by atoms with Gasteiger partial charge in [-0.05, 0) is 0 Å². The molecule has 0 N–H and O–H groups in total. The van der Waals surface area contributed by atoms with E-state index in [1.165, 1.54) is 10.9 Å². The van der Waals surface area contributed by atoms with E-state index in [9.17, 15) is 0 Å². The minimum absolute atomic E-state index is 0. The molecule has 2 aliphatic rings. The van der Waals surface area contributed by atoms with Gasteiger partial charge in [0, 0.05) is 0 Å². The molecule has 0 saturated heterocycles. The molecule has 0 saturated carbocycles. The van der Waals surface area contributed by atoms with Crippen LogP contribution in [0.5, 0.6) is 0 Å². The molecule has 2 aliphatic carbocycles. The maximum Gasteiger partial charge on any atom is -1.00 e. The maximum atomic E-state index is 2.28. The van der Waals surface area contributed by atoms with Crippen molar-refractivity contribution in [3.05, 3.63) is 47.4 Å². The van der Waals surface area contributed by atoms with E-state index in [1.54, 1.807) is 0 Å². The molecular weight excluding hydrogens is 166 g/mol. The number of allylic oxidation sites excluding steroid dienone is 8. The van der Waals surface area contributed by atoms with E-state index in [1.807, 2.05) is 0 Å². The second-order valence-corrected chi connectivity index (χ2v) is 2.89. The third-order valence-corrected chi connectivity index (χ3v) is 1.97. The van der Waals surface area contributed by atoms with Gasteiger partial charge in [-0.3, -0.25) is 0 Å². The minimum atomic E-state index is 0. The summed E-state index contributed by atoms with van der Waals surface area (Å²) in [5, 5.41) is 0. The largest absolute Gasteiger partial charge is 1.00 e. The molecule has 0 unspecified atom stereocenters. The van der Waals surface area contributed by atoms with Crippen molar-refractivity contribution >= 4 is 7.28 Å². The van der Waals surface area contributed by atoms with E-state index in [0.717, 1.165) is 12.8 Å². The normalized spacial score (nSPS) is 18.3. The van der Waals surface area contributed by atoms with Crippen LogP contribution in [0, 0.1) is 0 Å². The van der Waals surface area contributed by atoms with Crippen molar-refractivity contribution in [1.29, 1.82) is 0 Å². The molecule has 0 spiro atoms. The molecule has 12 heavy (non-hydrogen) atoms. The predicted molar refractivity (Wildman–Crippen MR) is 49.4 cm³/mol. The molecule has 0 amide bonds. The van der Waals surface area contributed by atoms with Gasteiger partial charge in [0.1, 0.15) is 0 Å².